The van der Waals surface area contributed by atoms with Crippen LogP contribution in [0.2, 0.25) is 0 Å². The van der Waals surface area contributed by atoms with E-state index >= 15 is 0 Å². The minimum atomic E-state index is -0.906. The molecule has 10 heteroatoms. The van der Waals surface area contributed by atoms with Crippen LogP contribution in [0.1, 0.15) is 106 Å². The molecule has 5 rings (SSSR count). The fourth-order valence-corrected chi connectivity index (χ4v) is 8.30. The lowest BCUT2D eigenvalue weighted by molar-refractivity contribution is -0.128. The lowest BCUT2D eigenvalue weighted by Crippen LogP contribution is -2.52. The van der Waals surface area contributed by atoms with Crippen LogP contribution in [0.15, 0.2) is 48.8 Å². The predicted octanol–water partition coefficient (Wildman–Crippen LogP) is 6.66. The van der Waals surface area contributed by atoms with Crippen LogP contribution in [-0.2, 0) is 21.4 Å². The summed E-state index contributed by atoms with van der Waals surface area (Å²) in [5.41, 5.74) is 8.08. The monoisotopic (exact) mass is 686 g/mol. The van der Waals surface area contributed by atoms with Gasteiger partial charge in [-0.05, 0) is 73.5 Å². The molecule has 264 valence electrons. The van der Waals surface area contributed by atoms with Crippen LogP contribution in [-0.4, -0.2) is 52.9 Å². The average molecular weight is 687 g/mol. The zero-order chi connectivity index (χ0) is 35.1. The topological polar surface area (TPSA) is 130 Å². The predicted molar refractivity (Wildman–Crippen MR) is 198 cm³/mol. The van der Waals surface area contributed by atoms with Crippen molar-refractivity contribution in [3.8, 4) is 11.4 Å². The quantitative estimate of drug-likeness (QED) is 0.196. The Balaban J connectivity index is 1.18. The Morgan fingerprint density at radius 1 is 0.918 bits per heavy atom. The van der Waals surface area contributed by atoms with E-state index < -0.39 is 23.9 Å². The number of amides is 3. The largest absolute Gasteiger partial charge is 0.369 e. The van der Waals surface area contributed by atoms with Crippen LogP contribution in [0.25, 0.3) is 11.4 Å². The molecule has 1 saturated carbocycles. The number of piperidine rings is 1. The molecule has 1 aromatic carbocycles. The van der Waals surface area contributed by atoms with Gasteiger partial charge in [0.05, 0.1) is 23.0 Å². The Labute approximate surface area is 295 Å². The number of carbonyl (C=O) groups is 3. The molecule has 3 heterocycles. The highest BCUT2D eigenvalue weighted by molar-refractivity contribution is 7.14. The van der Waals surface area contributed by atoms with Crippen molar-refractivity contribution < 1.29 is 14.4 Å². The number of primary amides is 1. The fraction of sp³-hybridized carbons (Fsp3) is 0.564. The molecule has 1 aliphatic heterocycles. The first-order chi connectivity index (χ1) is 23.4. The Hall–Kier alpha value is -3.79. The molecule has 9 nitrogen and oxygen atoms in total. The number of hydrogen-bond acceptors (Lipinski definition) is 7. The van der Waals surface area contributed by atoms with Crippen molar-refractivity contribution in [2.45, 2.75) is 110 Å². The molecule has 2 aromatic heterocycles. The second-order valence-corrected chi connectivity index (χ2v) is 16.2. The van der Waals surface area contributed by atoms with Crippen molar-refractivity contribution in [1.82, 2.24) is 20.6 Å². The van der Waals surface area contributed by atoms with Crippen LogP contribution in [0.5, 0.6) is 0 Å². The molecular formula is C39H54N6O3S. The summed E-state index contributed by atoms with van der Waals surface area (Å²) in [6.45, 7) is 12.2. The molecule has 2 aliphatic rings. The van der Waals surface area contributed by atoms with Gasteiger partial charge in [0.1, 0.15) is 12.1 Å². The summed E-state index contributed by atoms with van der Waals surface area (Å²) in [5.74, 6) is 1.89. The molecule has 49 heavy (non-hydrogen) atoms. The van der Waals surface area contributed by atoms with Crippen LogP contribution >= 0.6 is 11.3 Å². The van der Waals surface area contributed by atoms with Gasteiger partial charge in [0, 0.05) is 30.0 Å². The number of nitrogens with two attached hydrogens (primary N) is 1. The number of thiophene rings is 1. The maximum atomic E-state index is 13.2. The average Bonchev–Trinajstić information content (AvgIpc) is 3.61. The second kappa shape index (κ2) is 16.3. The molecule has 3 aromatic rings. The minimum Gasteiger partial charge on any atom is -0.369 e. The first-order valence-electron chi connectivity index (χ1n) is 18.1. The Morgan fingerprint density at radius 3 is 2.12 bits per heavy atom. The van der Waals surface area contributed by atoms with E-state index in [1.54, 1.807) is 6.07 Å². The van der Waals surface area contributed by atoms with Gasteiger partial charge in [0.25, 0.3) is 5.91 Å². The smallest absolute Gasteiger partial charge is 0.262 e. The summed E-state index contributed by atoms with van der Waals surface area (Å²) >= 11 is 1.41. The van der Waals surface area contributed by atoms with Crippen molar-refractivity contribution in [3.63, 3.8) is 0 Å². The number of nitrogens with zero attached hydrogens (tertiary/aromatic N) is 3. The van der Waals surface area contributed by atoms with E-state index in [0.717, 1.165) is 52.5 Å². The normalized spacial score (nSPS) is 20.0. The van der Waals surface area contributed by atoms with Crippen molar-refractivity contribution in [1.29, 1.82) is 0 Å². The lowest BCUT2D eigenvalue weighted by atomic mass is 9.72. The molecule has 1 saturated heterocycles. The second-order valence-electron chi connectivity index (χ2n) is 15.1. The Kier molecular flexibility index (Phi) is 12.1. The molecule has 2 atom stereocenters. The number of carbonyl (C=O) groups excluding carboxylic acids is 3. The molecule has 3 amide bonds. The highest BCUT2D eigenvalue weighted by atomic mass is 32.1. The molecule has 2 fully saturated rings. The highest BCUT2D eigenvalue weighted by Crippen LogP contribution is 2.39. The summed E-state index contributed by atoms with van der Waals surface area (Å²) in [6.07, 6.45) is 15.0. The first kappa shape index (κ1) is 36.5. The third-order valence-corrected chi connectivity index (χ3v) is 11.9. The zero-order valence-electron chi connectivity index (χ0n) is 29.8. The number of anilines is 1. The van der Waals surface area contributed by atoms with Crippen molar-refractivity contribution in [2.75, 3.05) is 18.0 Å². The molecule has 0 bridgehead atoms. The van der Waals surface area contributed by atoms with E-state index in [1.807, 2.05) is 42.7 Å². The summed E-state index contributed by atoms with van der Waals surface area (Å²) in [4.78, 5) is 51.5. The maximum Gasteiger partial charge on any atom is 0.262 e. The van der Waals surface area contributed by atoms with Gasteiger partial charge in [-0.15, -0.1) is 11.3 Å². The number of nitrogens with one attached hydrogen (secondary N) is 2. The van der Waals surface area contributed by atoms with Gasteiger partial charge in [-0.1, -0.05) is 77.6 Å². The number of hydrogen-bond donors (Lipinski definition) is 3. The molecule has 0 unspecified atom stereocenters. The van der Waals surface area contributed by atoms with Gasteiger partial charge in [-0.3, -0.25) is 14.4 Å². The van der Waals surface area contributed by atoms with E-state index in [9.17, 15) is 14.4 Å². The van der Waals surface area contributed by atoms with E-state index in [2.05, 4.69) is 43.2 Å². The lowest BCUT2D eigenvalue weighted by Gasteiger charge is -2.39. The van der Waals surface area contributed by atoms with Gasteiger partial charge in [0.2, 0.25) is 11.8 Å². The third kappa shape index (κ3) is 9.68. The van der Waals surface area contributed by atoms with E-state index in [1.165, 1.54) is 69.6 Å². The van der Waals surface area contributed by atoms with E-state index in [0.29, 0.717) is 10.7 Å². The number of aromatic nitrogens is 2. The molecule has 4 N–H and O–H groups in total. The molecule has 0 spiro atoms. The van der Waals surface area contributed by atoms with Gasteiger partial charge in [-0.25, -0.2) is 9.97 Å². The van der Waals surface area contributed by atoms with E-state index in [4.69, 9.17) is 15.7 Å². The Bertz CT molecular complexity index is 1550. The van der Waals surface area contributed by atoms with Crippen molar-refractivity contribution in [3.05, 3.63) is 64.1 Å². The maximum absolute atomic E-state index is 13.2. The standard InChI is InChI=1S/C39H54N6O3S/c1-6-7-26-8-12-28(13-9-26)29-18-20-45(21-19-29)31-23-41-36(42-24-31)30-14-10-27(11-15-30)22-32(37(47)43-25(2)35(40)46)44-38(48)33-16-17-34(49-33)39(3,4)5/h10-11,14-17,23-26,28-29,32H,6-9,12-13,18-22H2,1-5H3,(H2,40,46)(H,43,47)(H,44,48)/t25-,26-,28-,32+/m1/s1. The first-order valence-corrected chi connectivity index (χ1v) is 18.9. The summed E-state index contributed by atoms with van der Waals surface area (Å²) in [6, 6.07) is 9.65. The Morgan fingerprint density at radius 2 is 1.55 bits per heavy atom. The minimum absolute atomic E-state index is 0.0908. The SMILES string of the molecule is CCC[C@H]1CC[C@H](C2CCN(c3cnc(-c4ccc(C[C@H](NC(=O)c5ccc(C(C)(C)C)s5)C(=O)N[C@H](C)C(N)=O)cc4)nc3)CC2)CC1. The van der Waals surface area contributed by atoms with Crippen LogP contribution in [0.3, 0.4) is 0 Å². The molecule has 0 radical (unpaired) electrons. The summed E-state index contributed by atoms with van der Waals surface area (Å²) in [7, 11) is 0. The number of rotatable bonds is 12. The van der Waals surface area contributed by atoms with E-state index in [-0.39, 0.29) is 17.7 Å². The summed E-state index contributed by atoms with van der Waals surface area (Å²) < 4.78 is 0. The molecular weight excluding hydrogens is 633 g/mol. The van der Waals surface area contributed by atoms with Crippen LogP contribution < -0.4 is 21.3 Å². The van der Waals surface area contributed by atoms with Crippen LogP contribution in [0.4, 0.5) is 5.69 Å². The van der Waals surface area contributed by atoms with Gasteiger partial charge >= 0.3 is 0 Å². The van der Waals surface area contributed by atoms with Gasteiger partial charge < -0.3 is 21.3 Å². The zero-order valence-corrected chi connectivity index (χ0v) is 30.7. The van der Waals surface area contributed by atoms with Crippen molar-refractivity contribution in [2.24, 2.45) is 23.5 Å². The van der Waals surface area contributed by atoms with Crippen LogP contribution in [0, 0.1) is 17.8 Å². The third-order valence-electron chi connectivity index (χ3n) is 10.4. The highest BCUT2D eigenvalue weighted by Gasteiger charge is 2.30. The van der Waals surface area contributed by atoms with Gasteiger partial charge in [-0.2, -0.15) is 0 Å². The molecule has 1 aliphatic carbocycles. The van der Waals surface area contributed by atoms with Crippen molar-refractivity contribution >= 4 is 34.7 Å². The fourth-order valence-electron chi connectivity index (χ4n) is 7.33. The number of benzene rings is 1. The van der Waals surface area contributed by atoms with Gasteiger partial charge in [0.15, 0.2) is 5.82 Å². The summed E-state index contributed by atoms with van der Waals surface area (Å²) in [5, 5.41) is 5.51.